The molecule has 21 heavy (non-hydrogen) atoms. The summed E-state index contributed by atoms with van der Waals surface area (Å²) in [4.78, 5) is 3.70. The van der Waals surface area contributed by atoms with E-state index in [0.29, 0.717) is 12.3 Å². The maximum Gasteiger partial charge on any atom is 0.0670 e. The van der Waals surface area contributed by atoms with Crippen molar-refractivity contribution in [3.05, 3.63) is 54.1 Å². The Morgan fingerprint density at radius 3 is 2.33 bits per heavy atom. The van der Waals surface area contributed by atoms with Crippen molar-refractivity contribution in [2.24, 2.45) is 5.92 Å². The summed E-state index contributed by atoms with van der Waals surface area (Å²) in [6.45, 7) is 4.48. The highest BCUT2D eigenvalue weighted by Crippen LogP contribution is 2.32. The second-order valence-corrected chi connectivity index (χ2v) is 7.43. The molecule has 0 saturated heterocycles. The number of benzene rings is 2. The van der Waals surface area contributed by atoms with E-state index in [1.807, 2.05) is 30.0 Å². The Balaban J connectivity index is 2.05. The van der Waals surface area contributed by atoms with E-state index in [1.54, 1.807) is 11.8 Å². The largest absolute Gasteiger partial charge is 0.198 e. The third-order valence-electron chi connectivity index (χ3n) is 2.88. The van der Waals surface area contributed by atoms with Gasteiger partial charge in [0.1, 0.15) is 0 Å². The number of hydrogen-bond acceptors (Lipinski definition) is 3. The van der Waals surface area contributed by atoms with Crippen molar-refractivity contribution in [3.8, 4) is 6.07 Å². The SMILES string of the molecule is CC(C)CSc1ccc(Sc2ccccc2CC#N)cc1. The molecule has 0 atom stereocenters. The van der Waals surface area contributed by atoms with Crippen LogP contribution in [0, 0.1) is 17.2 Å². The van der Waals surface area contributed by atoms with Gasteiger partial charge in [-0.25, -0.2) is 0 Å². The van der Waals surface area contributed by atoms with Gasteiger partial charge in [0.2, 0.25) is 0 Å². The van der Waals surface area contributed by atoms with Crippen LogP contribution < -0.4 is 0 Å². The molecule has 0 fully saturated rings. The fourth-order valence-electron chi connectivity index (χ4n) is 1.83. The van der Waals surface area contributed by atoms with Gasteiger partial charge < -0.3 is 0 Å². The smallest absolute Gasteiger partial charge is 0.0670 e. The Morgan fingerprint density at radius 2 is 1.67 bits per heavy atom. The zero-order valence-corrected chi connectivity index (χ0v) is 14.0. The van der Waals surface area contributed by atoms with E-state index in [2.05, 4.69) is 50.2 Å². The minimum atomic E-state index is 0.464. The Hall–Kier alpha value is -1.37. The molecular formula is C18H19NS2. The first-order valence-electron chi connectivity index (χ1n) is 7.04. The molecule has 2 aromatic rings. The maximum absolute atomic E-state index is 8.89. The predicted molar refractivity (Wildman–Crippen MR) is 91.9 cm³/mol. The van der Waals surface area contributed by atoms with Crippen LogP contribution >= 0.6 is 23.5 Å². The molecule has 3 heteroatoms. The lowest BCUT2D eigenvalue weighted by Crippen LogP contribution is -1.89. The van der Waals surface area contributed by atoms with Gasteiger partial charge in [-0.15, -0.1) is 11.8 Å². The van der Waals surface area contributed by atoms with Gasteiger partial charge in [-0.2, -0.15) is 5.26 Å². The van der Waals surface area contributed by atoms with Crippen molar-refractivity contribution in [2.45, 2.75) is 35.0 Å². The first-order valence-corrected chi connectivity index (χ1v) is 8.85. The summed E-state index contributed by atoms with van der Waals surface area (Å²) in [5.41, 5.74) is 1.10. The van der Waals surface area contributed by atoms with Crippen molar-refractivity contribution in [2.75, 3.05) is 5.75 Å². The third kappa shape index (κ3) is 5.15. The van der Waals surface area contributed by atoms with Crippen LogP contribution in [0.3, 0.4) is 0 Å². The molecule has 0 unspecified atom stereocenters. The molecule has 0 spiro atoms. The fourth-order valence-corrected chi connectivity index (χ4v) is 3.63. The number of nitrogens with zero attached hydrogens (tertiary/aromatic N) is 1. The Labute approximate surface area is 135 Å². The highest BCUT2D eigenvalue weighted by molar-refractivity contribution is 7.99. The molecule has 0 bridgehead atoms. The lowest BCUT2D eigenvalue weighted by Gasteiger charge is -2.08. The van der Waals surface area contributed by atoms with E-state index in [1.165, 1.54) is 14.7 Å². The molecule has 0 N–H and O–H groups in total. The Kier molecular flexibility index (Phi) is 6.22. The fraction of sp³-hybridized carbons (Fsp3) is 0.278. The minimum Gasteiger partial charge on any atom is -0.198 e. The molecule has 0 radical (unpaired) electrons. The van der Waals surface area contributed by atoms with E-state index in [9.17, 15) is 0 Å². The number of thioether (sulfide) groups is 1. The average molecular weight is 313 g/mol. The van der Waals surface area contributed by atoms with Gasteiger partial charge in [0, 0.05) is 20.4 Å². The quantitative estimate of drug-likeness (QED) is 0.644. The lowest BCUT2D eigenvalue weighted by molar-refractivity contribution is 0.750. The molecule has 2 rings (SSSR count). The predicted octanol–water partition coefficient (Wildman–Crippen LogP) is 5.65. The van der Waals surface area contributed by atoms with Gasteiger partial charge >= 0.3 is 0 Å². The number of nitriles is 1. The van der Waals surface area contributed by atoms with E-state index < -0.39 is 0 Å². The summed E-state index contributed by atoms with van der Waals surface area (Å²) < 4.78 is 0. The average Bonchev–Trinajstić information content (AvgIpc) is 2.49. The van der Waals surface area contributed by atoms with Crippen LogP contribution in [0.25, 0.3) is 0 Å². The van der Waals surface area contributed by atoms with Crippen LogP contribution in [0.15, 0.2) is 63.2 Å². The van der Waals surface area contributed by atoms with Crippen molar-refractivity contribution in [3.63, 3.8) is 0 Å². The zero-order chi connectivity index (χ0) is 15.1. The first kappa shape index (κ1) is 16.0. The number of hydrogen-bond donors (Lipinski definition) is 0. The summed E-state index contributed by atoms with van der Waals surface area (Å²) in [6, 6.07) is 19.0. The minimum absolute atomic E-state index is 0.464. The molecule has 0 heterocycles. The Morgan fingerprint density at radius 1 is 1.00 bits per heavy atom. The second-order valence-electron chi connectivity index (χ2n) is 5.22. The molecule has 2 aromatic carbocycles. The van der Waals surface area contributed by atoms with Crippen LogP contribution in [-0.4, -0.2) is 5.75 Å². The topological polar surface area (TPSA) is 23.8 Å². The van der Waals surface area contributed by atoms with Gasteiger partial charge in [-0.05, 0) is 41.8 Å². The van der Waals surface area contributed by atoms with Crippen molar-refractivity contribution in [1.29, 1.82) is 5.26 Å². The van der Waals surface area contributed by atoms with Gasteiger partial charge in [-0.1, -0.05) is 43.8 Å². The van der Waals surface area contributed by atoms with Crippen LogP contribution in [0.5, 0.6) is 0 Å². The maximum atomic E-state index is 8.89. The van der Waals surface area contributed by atoms with Crippen molar-refractivity contribution in [1.82, 2.24) is 0 Å². The van der Waals surface area contributed by atoms with Gasteiger partial charge in [-0.3, -0.25) is 0 Å². The third-order valence-corrected chi connectivity index (χ3v) is 5.44. The Bertz CT molecular complexity index is 612. The van der Waals surface area contributed by atoms with Crippen LogP contribution in [-0.2, 0) is 6.42 Å². The zero-order valence-electron chi connectivity index (χ0n) is 12.4. The second kappa shape index (κ2) is 8.17. The molecule has 0 aliphatic rings. The van der Waals surface area contributed by atoms with E-state index in [4.69, 9.17) is 5.26 Å². The summed E-state index contributed by atoms with van der Waals surface area (Å²) in [5, 5.41) is 8.89. The van der Waals surface area contributed by atoms with Gasteiger partial charge in [0.25, 0.3) is 0 Å². The molecule has 0 aliphatic carbocycles. The molecule has 0 saturated carbocycles. The summed E-state index contributed by atoms with van der Waals surface area (Å²) in [7, 11) is 0. The van der Waals surface area contributed by atoms with E-state index in [-0.39, 0.29) is 0 Å². The number of rotatable bonds is 6. The molecule has 1 nitrogen and oxygen atoms in total. The highest BCUT2D eigenvalue weighted by Gasteiger charge is 2.04. The monoisotopic (exact) mass is 313 g/mol. The lowest BCUT2D eigenvalue weighted by atomic mass is 10.2. The van der Waals surface area contributed by atoms with Crippen LogP contribution in [0.1, 0.15) is 19.4 Å². The van der Waals surface area contributed by atoms with E-state index >= 15 is 0 Å². The summed E-state index contributed by atoms with van der Waals surface area (Å²) in [5.74, 6) is 1.86. The molecule has 0 amide bonds. The highest BCUT2D eigenvalue weighted by atomic mass is 32.2. The van der Waals surface area contributed by atoms with Crippen LogP contribution in [0.4, 0.5) is 0 Å². The molecule has 108 valence electrons. The molecule has 0 aromatic heterocycles. The molecule has 0 aliphatic heterocycles. The van der Waals surface area contributed by atoms with Gasteiger partial charge in [0.15, 0.2) is 0 Å². The van der Waals surface area contributed by atoms with Gasteiger partial charge in [0.05, 0.1) is 12.5 Å². The van der Waals surface area contributed by atoms with E-state index in [0.717, 1.165) is 11.3 Å². The van der Waals surface area contributed by atoms with Crippen molar-refractivity contribution >= 4 is 23.5 Å². The normalized spacial score (nSPS) is 10.6. The first-order chi connectivity index (χ1) is 10.2. The molecular weight excluding hydrogens is 294 g/mol. The van der Waals surface area contributed by atoms with Crippen molar-refractivity contribution < 1.29 is 0 Å². The summed E-state index contributed by atoms with van der Waals surface area (Å²) >= 11 is 3.63. The van der Waals surface area contributed by atoms with Crippen LogP contribution in [0.2, 0.25) is 0 Å². The summed E-state index contributed by atoms with van der Waals surface area (Å²) in [6.07, 6.45) is 0.464. The standard InChI is InChI=1S/C18H19NS2/c1-14(2)13-20-16-7-9-17(10-8-16)21-18-6-4-3-5-15(18)11-12-19/h3-10,14H,11,13H2,1-2H3.